The normalized spacial score (nSPS) is 11.8. The number of fused-ring (bicyclic) bond motifs is 6. The van der Waals surface area contributed by atoms with Gasteiger partial charge in [-0.05, 0) is 35.9 Å². The molecule has 2 heterocycles. The molecule has 21 heavy (non-hydrogen) atoms. The second-order valence-electron chi connectivity index (χ2n) is 5.47. The van der Waals surface area contributed by atoms with Crippen LogP contribution < -0.4 is 4.52 Å². The van der Waals surface area contributed by atoms with Crippen LogP contribution in [-0.2, 0) is 13.5 Å². The maximum absolute atomic E-state index is 4.38. The van der Waals surface area contributed by atoms with Gasteiger partial charge in [-0.15, -0.1) is 4.52 Å². The maximum atomic E-state index is 4.38. The van der Waals surface area contributed by atoms with E-state index in [-0.39, 0.29) is 0 Å². The average Bonchev–Trinajstić information content (AvgIpc) is 2.89. The number of hydrogen-bond acceptors (Lipinski definition) is 2. The van der Waals surface area contributed by atoms with Crippen molar-refractivity contribution in [3.63, 3.8) is 0 Å². The van der Waals surface area contributed by atoms with E-state index in [1.165, 1.54) is 27.4 Å². The van der Waals surface area contributed by atoms with E-state index in [0.29, 0.717) is 0 Å². The van der Waals surface area contributed by atoms with E-state index < -0.39 is 0 Å². The number of aryl methyl sites for hydroxylation is 3. The van der Waals surface area contributed by atoms with Crippen molar-refractivity contribution in [1.82, 2.24) is 15.1 Å². The molecule has 0 spiro atoms. The Kier molecular flexibility index (Phi) is 2.48. The molecule has 0 bridgehead atoms. The van der Waals surface area contributed by atoms with Crippen LogP contribution in [0, 0.1) is 6.92 Å². The number of tetrazole rings is 1. The molecule has 4 heteroatoms. The summed E-state index contributed by atoms with van der Waals surface area (Å²) in [5, 5.41) is 12.2. The predicted molar refractivity (Wildman–Crippen MR) is 83.3 cm³/mol. The largest absolute Gasteiger partial charge is 0.337 e. The first-order valence-corrected chi connectivity index (χ1v) is 7.27. The summed E-state index contributed by atoms with van der Waals surface area (Å²) in [6.45, 7) is 4.37. The third kappa shape index (κ3) is 1.53. The first kappa shape index (κ1) is 12.3. The van der Waals surface area contributed by atoms with Crippen LogP contribution >= 0.6 is 0 Å². The molecule has 0 N–H and O–H groups in total. The molecule has 2 aromatic carbocycles. The molecule has 4 rings (SSSR count). The molecule has 0 aliphatic heterocycles. The monoisotopic (exact) mass is 277 g/mol. The zero-order valence-electron chi connectivity index (χ0n) is 12.5. The first-order valence-electron chi connectivity index (χ1n) is 7.27. The Labute approximate surface area is 122 Å². The minimum atomic E-state index is 0.918. The van der Waals surface area contributed by atoms with Crippen LogP contribution in [0.4, 0.5) is 0 Å². The third-order valence-electron chi connectivity index (χ3n) is 4.30. The highest BCUT2D eigenvalue weighted by Gasteiger charge is 2.21. The Bertz CT molecular complexity index is 998. The van der Waals surface area contributed by atoms with E-state index in [1.54, 1.807) is 0 Å². The lowest BCUT2D eigenvalue weighted by Gasteiger charge is -2.10. The van der Waals surface area contributed by atoms with Gasteiger partial charge in [-0.3, -0.25) is 0 Å². The highest BCUT2D eigenvalue weighted by molar-refractivity contribution is 6.09. The van der Waals surface area contributed by atoms with Crippen molar-refractivity contribution >= 4 is 27.3 Å². The number of hydrogen-bond donors (Lipinski definition) is 0. The van der Waals surface area contributed by atoms with Gasteiger partial charge in [-0.25, -0.2) is 0 Å². The highest BCUT2D eigenvalue weighted by atomic mass is 15.6. The van der Waals surface area contributed by atoms with Gasteiger partial charge in [-0.1, -0.05) is 42.1 Å². The van der Waals surface area contributed by atoms with Crippen LogP contribution in [0.1, 0.15) is 18.1 Å². The molecule has 0 aliphatic carbocycles. The van der Waals surface area contributed by atoms with E-state index in [9.17, 15) is 0 Å². The third-order valence-corrected chi connectivity index (χ3v) is 4.30. The van der Waals surface area contributed by atoms with E-state index >= 15 is 0 Å². The van der Waals surface area contributed by atoms with Crippen LogP contribution in [0.5, 0.6) is 0 Å². The molecular weight excluding hydrogens is 260 g/mol. The van der Waals surface area contributed by atoms with Gasteiger partial charge >= 0.3 is 5.65 Å². The fraction of sp³-hybridized carbons (Fsp3) is 0.235. The summed E-state index contributed by atoms with van der Waals surface area (Å²) in [4.78, 5) is 1.82. The van der Waals surface area contributed by atoms with E-state index in [1.807, 2.05) is 11.8 Å². The number of benzene rings is 2. The summed E-state index contributed by atoms with van der Waals surface area (Å²) in [6.07, 6.45) is 0.995. The Morgan fingerprint density at radius 3 is 2.57 bits per heavy atom. The molecule has 4 nitrogen and oxygen atoms in total. The molecule has 104 valence electrons. The standard InChI is InChI=1S/C17H17N4/c1-4-12-11(2)9-10-14-13-7-5-6-8-15(13)17-18-19-20(3)21(17)16(12)14/h5-10H,4H2,1-3H3/q+1. The summed E-state index contributed by atoms with van der Waals surface area (Å²) in [7, 11) is 1.94. The van der Waals surface area contributed by atoms with Crippen LogP contribution in [0.25, 0.3) is 27.3 Å². The molecule has 4 aromatic rings. The average molecular weight is 277 g/mol. The van der Waals surface area contributed by atoms with Crippen molar-refractivity contribution in [3.05, 3.63) is 47.5 Å². The lowest BCUT2D eigenvalue weighted by Crippen LogP contribution is -2.33. The van der Waals surface area contributed by atoms with Gasteiger partial charge in [0.05, 0.1) is 12.4 Å². The van der Waals surface area contributed by atoms with E-state index in [4.69, 9.17) is 0 Å². The smallest absolute Gasteiger partial charge is 0.120 e. The molecule has 0 radical (unpaired) electrons. The van der Waals surface area contributed by atoms with E-state index in [2.05, 4.69) is 65.1 Å². The molecule has 0 saturated carbocycles. The highest BCUT2D eigenvalue weighted by Crippen LogP contribution is 2.28. The van der Waals surface area contributed by atoms with Crippen LogP contribution in [0.15, 0.2) is 36.4 Å². The Morgan fingerprint density at radius 1 is 1.05 bits per heavy atom. The minimum absolute atomic E-state index is 0.918. The van der Waals surface area contributed by atoms with Gasteiger partial charge in [0.25, 0.3) is 0 Å². The number of aromatic nitrogens is 4. The van der Waals surface area contributed by atoms with E-state index in [0.717, 1.165) is 17.5 Å². The molecule has 0 unspecified atom stereocenters. The summed E-state index contributed by atoms with van der Waals surface area (Å²) >= 11 is 0. The summed E-state index contributed by atoms with van der Waals surface area (Å²) in [5.74, 6) is 0. The second kappa shape index (κ2) is 4.25. The topological polar surface area (TPSA) is 34.8 Å². The minimum Gasteiger partial charge on any atom is -0.120 e. The van der Waals surface area contributed by atoms with Crippen LogP contribution in [0.2, 0.25) is 0 Å². The van der Waals surface area contributed by atoms with Crippen molar-refractivity contribution in [1.29, 1.82) is 0 Å². The maximum Gasteiger partial charge on any atom is 0.337 e. The molecule has 0 aliphatic rings. The van der Waals surface area contributed by atoms with Gasteiger partial charge in [0.1, 0.15) is 10.6 Å². The van der Waals surface area contributed by atoms with Gasteiger partial charge in [0.2, 0.25) is 0 Å². The summed E-state index contributed by atoms with van der Waals surface area (Å²) in [5.41, 5.74) is 4.81. The van der Waals surface area contributed by atoms with Crippen molar-refractivity contribution in [3.8, 4) is 0 Å². The molecule has 2 aromatic heterocycles. The lowest BCUT2D eigenvalue weighted by molar-refractivity contribution is -0.586. The summed E-state index contributed by atoms with van der Waals surface area (Å²) in [6, 6.07) is 12.8. The number of rotatable bonds is 1. The van der Waals surface area contributed by atoms with Crippen LogP contribution in [-0.4, -0.2) is 15.1 Å². The van der Waals surface area contributed by atoms with Gasteiger partial charge < -0.3 is 0 Å². The summed E-state index contributed by atoms with van der Waals surface area (Å²) < 4.78 is 2.13. The van der Waals surface area contributed by atoms with Gasteiger partial charge in [-0.2, -0.15) is 0 Å². The van der Waals surface area contributed by atoms with Gasteiger partial charge in [0.15, 0.2) is 5.21 Å². The molecule has 0 saturated heterocycles. The fourth-order valence-corrected chi connectivity index (χ4v) is 3.30. The first-order chi connectivity index (χ1) is 10.2. The zero-order chi connectivity index (χ0) is 14.6. The fourth-order valence-electron chi connectivity index (χ4n) is 3.30. The molecule has 0 atom stereocenters. The van der Waals surface area contributed by atoms with Gasteiger partial charge in [0, 0.05) is 5.39 Å². The van der Waals surface area contributed by atoms with Crippen LogP contribution in [0.3, 0.4) is 0 Å². The predicted octanol–water partition coefficient (Wildman–Crippen LogP) is 2.73. The Hall–Kier alpha value is -2.49. The van der Waals surface area contributed by atoms with Crippen molar-refractivity contribution < 1.29 is 4.52 Å². The molecular formula is C17H17N4+. The zero-order valence-corrected chi connectivity index (χ0v) is 12.5. The molecule has 0 amide bonds. The Morgan fingerprint density at radius 2 is 1.81 bits per heavy atom. The lowest BCUT2D eigenvalue weighted by atomic mass is 9.98. The van der Waals surface area contributed by atoms with Crippen molar-refractivity contribution in [2.24, 2.45) is 7.05 Å². The van der Waals surface area contributed by atoms with Crippen molar-refractivity contribution in [2.45, 2.75) is 20.3 Å². The number of pyridine rings is 1. The second-order valence-corrected chi connectivity index (χ2v) is 5.47. The molecule has 0 fully saturated rings. The SMILES string of the molecule is CCc1c(C)ccc2c3ccccc3c3nnn(C)[n+]3c12. The van der Waals surface area contributed by atoms with Crippen molar-refractivity contribution in [2.75, 3.05) is 0 Å². The Balaban J connectivity index is 2.44. The number of nitrogens with zero attached hydrogens (tertiary/aromatic N) is 4. The quantitative estimate of drug-likeness (QED) is 0.396.